The van der Waals surface area contributed by atoms with E-state index in [0.29, 0.717) is 12.8 Å². The van der Waals surface area contributed by atoms with E-state index in [1.54, 1.807) is 0 Å². The molecule has 0 rings (SSSR count). The molecule has 0 aliphatic rings. The van der Waals surface area contributed by atoms with Crippen molar-refractivity contribution in [2.45, 2.75) is 12.8 Å². The highest BCUT2D eigenvalue weighted by atomic mass is 31.2. The Morgan fingerprint density at radius 3 is 1.81 bits per heavy atom. The number of esters is 2. The van der Waals surface area contributed by atoms with Crippen LogP contribution in [0.3, 0.4) is 0 Å². The van der Waals surface area contributed by atoms with Crippen LogP contribution in [0.25, 0.3) is 0 Å². The minimum atomic E-state index is -4.58. The lowest BCUT2D eigenvalue weighted by Gasteiger charge is -2.17. The van der Waals surface area contributed by atoms with Crippen LogP contribution in [0.2, 0.25) is 0 Å². The number of hydrogen-bond donors (Lipinski definition) is 2. The number of hydrogen-bond acceptors (Lipinski definition) is 6. The predicted octanol–water partition coefficient (Wildman–Crippen LogP) is 0.950. The number of rotatable bonds is 11. The molecular formula is C12H19O8P. The van der Waals surface area contributed by atoms with Crippen LogP contribution in [0.1, 0.15) is 12.8 Å². The molecule has 0 aliphatic heterocycles. The fourth-order valence-electron chi connectivity index (χ4n) is 1.28. The maximum atomic E-state index is 10.9. The fourth-order valence-corrected chi connectivity index (χ4v) is 1.69. The molecule has 0 heterocycles. The predicted molar refractivity (Wildman–Crippen MR) is 73.0 cm³/mol. The summed E-state index contributed by atoms with van der Waals surface area (Å²) >= 11 is 0. The molecule has 0 radical (unpaired) electrons. The molecule has 0 aliphatic carbocycles. The Kier molecular flexibility index (Phi) is 9.56. The van der Waals surface area contributed by atoms with Crippen molar-refractivity contribution in [2.75, 3.05) is 19.8 Å². The largest absolute Gasteiger partial charge is 0.469 e. The summed E-state index contributed by atoms with van der Waals surface area (Å²) in [4.78, 5) is 39.1. The normalized spacial score (nSPS) is 11.0. The van der Waals surface area contributed by atoms with E-state index >= 15 is 0 Å². The molecule has 21 heavy (non-hydrogen) atoms. The van der Waals surface area contributed by atoms with Crippen molar-refractivity contribution in [2.24, 2.45) is 5.92 Å². The van der Waals surface area contributed by atoms with Crippen LogP contribution in [0.4, 0.5) is 0 Å². The summed E-state index contributed by atoms with van der Waals surface area (Å²) in [6.07, 6.45) is 2.61. The summed E-state index contributed by atoms with van der Waals surface area (Å²) in [5.74, 6) is -1.54. The van der Waals surface area contributed by atoms with E-state index < -0.39 is 19.8 Å². The van der Waals surface area contributed by atoms with E-state index in [1.165, 1.54) is 0 Å². The summed E-state index contributed by atoms with van der Waals surface area (Å²) in [6, 6.07) is 0. The van der Waals surface area contributed by atoms with Crippen LogP contribution in [0.5, 0.6) is 0 Å². The summed E-state index contributed by atoms with van der Waals surface area (Å²) < 4.78 is 24.6. The second-order valence-corrected chi connectivity index (χ2v) is 5.21. The lowest BCUT2D eigenvalue weighted by molar-refractivity contribution is -0.138. The molecule has 0 saturated heterocycles. The summed E-state index contributed by atoms with van der Waals surface area (Å²) in [5.41, 5.74) is 0. The summed E-state index contributed by atoms with van der Waals surface area (Å²) in [7, 11) is -4.58. The maximum absolute atomic E-state index is 10.9. The first-order valence-electron chi connectivity index (χ1n) is 6.07. The van der Waals surface area contributed by atoms with Crippen molar-refractivity contribution in [1.29, 1.82) is 0 Å². The molecule has 0 amide bonds. The molecule has 0 saturated carbocycles. The van der Waals surface area contributed by atoms with Gasteiger partial charge in [-0.05, 0) is 18.8 Å². The van der Waals surface area contributed by atoms with Gasteiger partial charge in [0.2, 0.25) is 0 Å². The molecule has 0 aromatic carbocycles. The zero-order valence-electron chi connectivity index (χ0n) is 11.5. The first kappa shape index (κ1) is 19.5. The molecule has 8 nitrogen and oxygen atoms in total. The zero-order chi connectivity index (χ0) is 16.3. The Morgan fingerprint density at radius 2 is 1.48 bits per heavy atom. The third-order valence-corrected chi connectivity index (χ3v) is 2.84. The van der Waals surface area contributed by atoms with E-state index in [1.807, 2.05) is 0 Å². The lowest BCUT2D eigenvalue weighted by atomic mass is 10.0. The standard InChI is InChI=1S/C12H19O8P/c1-3-11(13)18-7-5-10(9-20-21(15,16)17)6-8-19-12(14)4-2/h3-4,10H,1-2,5-9H2,(H2,15,16,17). The van der Waals surface area contributed by atoms with Gasteiger partial charge >= 0.3 is 19.8 Å². The SMILES string of the molecule is C=CC(=O)OCCC(CCOC(=O)C=C)COP(=O)(O)O. The molecule has 2 N–H and O–H groups in total. The second-order valence-electron chi connectivity index (χ2n) is 3.97. The molecule has 0 bridgehead atoms. The van der Waals surface area contributed by atoms with Gasteiger partial charge in [0.25, 0.3) is 0 Å². The molecular weight excluding hydrogens is 303 g/mol. The molecule has 0 unspecified atom stereocenters. The minimum absolute atomic E-state index is 0.0371. The van der Waals surface area contributed by atoms with Gasteiger partial charge in [-0.15, -0.1) is 0 Å². The van der Waals surface area contributed by atoms with Gasteiger partial charge in [-0.25, -0.2) is 14.2 Å². The molecule has 9 heteroatoms. The highest BCUT2D eigenvalue weighted by Crippen LogP contribution is 2.36. The van der Waals surface area contributed by atoms with E-state index in [0.717, 1.165) is 12.2 Å². The Hall–Kier alpha value is -1.47. The number of carbonyl (C=O) groups excluding carboxylic acids is 2. The quantitative estimate of drug-likeness (QED) is 0.328. The van der Waals surface area contributed by atoms with Crippen molar-refractivity contribution >= 4 is 19.8 Å². The van der Waals surface area contributed by atoms with Crippen LogP contribution in [-0.2, 0) is 28.2 Å². The summed E-state index contributed by atoms with van der Waals surface area (Å²) in [6.45, 7) is 6.30. The van der Waals surface area contributed by atoms with Crippen molar-refractivity contribution in [1.82, 2.24) is 0 Å². The van der Waals surface area contributed by atoms with Crippen molar-refractivity contribution in [3.63, 3.8) is 0 Å². The van der Waals surface area contributed by atoms with Gasteiger partial charge in [-0.3, -0.25) is 4.52 Å². The van der Waals surface area contributed by atoms with E-state index in [4.69, 9.17) is 19.3 Å². The Balaban J connectivity index is 4.22. The topological polar surface area (TPSA) is 119 Å². The first-order valence-corrected chi connectivity index (χ1v) is 7.60. The number of carbonyl (C=O) groups is 2. The van der Waals surface area contributed by atoms with E-state index in [2.05, 4.69) is 17.7 Å². The van der Waals surface area contributed by atoms with Gasteiger partial charge in [0.05, 0.1) is 19.8 Å². The molecule has 0 aromatic heterocycles. The van der Waals surface area contributed by atoms with E-state index in [9.17, 15) is 14.2 Å². The Labute approximate surface area is 122 Å². The second kappa shape index (κ2) is 10.3. The summed E-state index contributed by atoms with van der Waals surface area (Å²) in [5, 5.41) is 0. The fraction of sp³-hybridized carbons (Fsp3) is 0.500. The Bertz CT molecular complexity index is 387. The van der Waals surface area contributed by atoms with Gasteiger partial charge in [-0.2, -0.15) is 0 Å². The van der Waals surface area contributed by atoms with Crippen LogP contribution < -0.4 is 0 Å². The first-order chi connectivity index (χ1) is 9.78. The van der Waals surface area contributed by atoms with E-state index in [-0.39, 0.29) is 25.7 Å². The number of ether oxygens (including phenoxy) is 2. The average molecular weight is 322 g/mol. The van der Waals surface area contributed by atoms with Gasteiger partial charge in [0.1, 0.15) is 0 Å². The number of phosphoric ester groups is 1. The monoisotopic (exact) mass is 322 g/mol. The third kappa shape index (κ3) is 12.0. The van der Waals surface area contributed by atoms with Crippen LogP contribution in [0, 0.1) is 5.92 Å². The smallest absolute Gasteiger partial charge is 0.463 e. The highest BCUT2D eigenvalue weighted by Gasteiger charge is 2.19. The molecule has 0 fully saturated rings. The van der Waals surface area contributed by atoms with Crippen molar-refractivity contribution < 1.29 is 37.9 Å². The zero-order valence-corrected chi connectivity index (χ0v) is 12.4. The molecule has 0 atom stereocenters. The highest BCUT2D eigenvalue weighted by molar-refractivity contribution is 7.46. The Morgan fingerprint density at radius 1 is 1.05 bits per heavy atom. The van der Waals surface area contributed by atoms with Gasteiger partial charge in [-0.1, -0.05) is 13.2 Å². The van der Waals surface area contributed by atoms with Gasteiger partial charge in [0.15, 0.2) is 0 Å². The maximum Gasteiger partial charge on any atom is 0.469 e. The number of phosphoric acid groups is 1. The lowest BCUT2D eigenvalue weighted by Crippen LogP contribution is -2.16. The van der Waals surface area contributed by atoms with Gasteiger partial charge < -0.3 is 19.3 Å². The third-order valence-electron chi connectivity index (χ3n) is 2.35. The van der Waals surface area contributed by atoms with Crippen LogP contribution >= 0.6 is 7.82 Å². The molecule has 0 spiro atoms. The molecule has 0 aromatic rings. The van der Waals surface area contributed by atoms with Crippen LogP contribution in [-0.4, -0.2) is 41.5 Å². The van der Waals surface area contributed by atoms with Crippen molar-refractivity contribution in [3.05, 3.63) is 25.3 Å². The molecule has 120 valence electrons. The van der Waals surface area contributed by atoms with Crippen LogP contribution in [0.15, 0.2) is 25.3 Å². The van der Waals surface area contributed by atoms with Crippen molar-refractivity contribution in [3.8, 4) is 0 Å². The van der Waals surface area contributed by atoms with Gasteiger partial charge in [0, 0.05) is 12.2 Å². The average Bonchev–Trinajstić information content (AvgIpc) is 2.42. The minimum Gasteiger partial charge on any atom is -0.463 e.